The molecular formula is C29H28F4O2. The first kappa shape index (κ1) is 25.0. The van der Waals surface area contributed by atoms with Crippen molar-refractivity contribution < 1.29 is 27.1 Å². The van der Waals surface area contributed by atoms with E-state index in [0.29, 0.717) is 17.0 Å². The van der Waals surface area contributed by atoms with Crippen LogP contribution in [-0.2, 0) is 0 Å². The maximum atomic E-state index is 14.9. The van der Waals surface area contributed by atoms with E-state index >= 15 is 0 Å². The standard InChI is InChI=1S/C29H28F4O2/c1-3-4-18-6-8-19(9-7-18)23-15-16-24(28(33)27(23)32)29(34)35-21-12-10-20(11-13-21)22-14-5-17(2)25(30)26(22)31/h5,10-16,18-19H,3-4,6-9H2,1-2H3. The summed E-state index contributed by atoms with van der Waals surface area (Å²) in [6, 6.07) is 11.4. The molecule has 35 heavy (non-hydrogen) atoms. The minimum Gasteiger partial charge on any atom is -0.423 e. The zero-order valence-corrected chi connectivity index (χ0v) is 19.8. The number of benzene rings is 3. The molecule has 3 aromatic carbocycles. The van der Waals surface area contributed by atoms with Crippen molar-refractivity contribution in [3.63, 3.8) is 0 Å². The first-order chi connectivity index (χ1) is 16.8. The maximum absolute atomic E-state index is 14.9. The van der Waals surface area contributed by atoms with Crippen molar-refractivity contribution in [2.24, 2.45) is 5.92 Å². The predicted octanol–water partition coefficient (Wildman–Crippen LogP) is 8.51. The van der Waals surface area contributed by atoms with E-state index in [4.69, 9.17) is 4.74 Å². The molecule has 0 atom stereocenters. The highest BCUT2D eigenvalue weighted by Gasteiger charge is 2.27. The molecule has 0 unspecified atom stereocenters. The second-order valence-electron chi connectivity index (χ2n) is 9.31. The zero-order chi connectivity index (χ0) is 25.1. The molecule has 0 aromatic heterocycles. The Kier molecular flexibility index (Phi) is 7.58. The van der Waals surface area contributed by atoms with Crippen molar-refractivity contribution >= 4 is 5.97 Å². The minimum absolute atomic E-state index is 0.0535. The highest BCUT2D eigenvalue weighted by atomic mass is 19.2. The highest BCUT2D eigenvalue weighted by molar-refractivity contribution is 5.91. The molecule has 0 radical (unpaired) electrons. The molecular weight excluding hydrogens is 456 g/mol. The number of aryl methyl sites for hydroxylation is 1. The molecule has 0 spiro atoms. The summed E-state index contributed by atoms with van der Waals surface area (Å²) < 4.78 is 63.0. The molecule has 3 aromatic rings. The Morgan fingerprint density at radius 3 is 2.17 bits per heavy atom. The minimum atomic E-state index is -1.21. The van der Waals surface area contributed by atoms with Crippen molar-refractivity contribution in [3.05, 3.63) is 88.5 Å². The number of carbonyl (C=O) groups is 1. The quantitative estimate of drug-likeness (QED) is 0.199. The average molecular weight is 485 g/mol. The summed E-state index contributed by atoms with van der Waals surface area (Å²) in [4.78, 5) is 12.5. The van der Waals surface area contributed by atoms with E-state index < -0.39 is 34.8 Å². The van der Waals surface area contributed by atoms with Crippen molar-refractivity contribution in [3.8, 4) is 16.9 Å². The molecule has 1 aliphatic rings. The third-order valence-electron chi connectivity index (χ3n) is 6.97. The number of esters is 1. The third-order valence-corrected chi connectivity index (χ3v) is 6.97. The molecule has 0 saturated heterocycles. The lowest BCUT2D eigenvalue weighted by Crippen LogP contribution is -2.17. The Bertz CT molecular complexity index is 1210. The molecule has 1 saturated carbocycles. The number of carbonyl (C=O) groups excluding carboxylic acids is 1. The van der Waals surface area contributed by atoms with Crippen molar-refractivity contribution in [2.45, 2.75) is 58.3 Å². The van der Waals surface area contributed by atoms with Crippen LogP contribution in [0.4, 0.5) is 17.6 Å². The Morgan fingerprint density at radius 1 is 0.829 bits per heavy atom. The molecule has 1 fully saturated rings. The Labute approximate surface area is 202 Å². The lowest BCUT2D eigenvalue weighted by atomic mass is 9.77. The maximum Gasteiger partial charge on any atom is 0.346 e. The van der Waals surface area contributed by atoms with Gasteiger partial charge in [0.05, 0.1) is 5.56 Å². The smallest absolute Gasteiger partial charge is 0.346 e. The van der Waals surface area contributed by atoms with Crippen molar-refractivity contribution in [1.82, 2.24) is 0 Å². The van der Waals surface area contributed by atoms with Crippen molar-refractivity contribution in [2.75, 3.05) is 0 Å². The van der Waals surface area contributed by atoms with Gasteiger partial charge in [-0.25, -0.2) is 22.4 Å². The van der Waals surface area contributed by atoms with Gasteiger partial charge in [-0.2, -0.15) is 0 Å². The monoisotopic (exact) mass is 484 g/mol. The van der Waals surface area contributed by atoms with Gasteiger partial charge in [-0.05, 0) is 79.3 Å². The van der Waals surface area contributed by atoms with Gasteiger partial charge >= 0.3 is 5.97 Å². The van der Waals surface area contributed by atoms with E-state index in [9.17, 15) is 22.4 Å². The van der Waals surface area contributed by atoms with Gasteiger partial charge in [0.2, 0.25) is 0 Å². The molecule has 4 rings (SSSR count). The number of hydrogen-bond acceptors (Lipinski definition) is 2. The first-order valence-electron chi connectivity index (χ1n) is 12.0. The fourth-order valence-electron chi connectivity index (χ4n) is 4.94. The van der Waals surface area contributed by atoms with Crippen LogP contribution in [0.2, 0.25) is 0 Å². The second-order valence-corrected chi connectivity index (χ2v) is 9.31. The van der Waals surface area contributed by atoms with Gasteiger partial charge in [0, 0.05) is 5.56 Å². The van der Waals surface area contributed by atoms with E-state index in [1.54, 1.807) is 0 Å². The van der Waals surface area contributed by atoms with E-state index in [1.165, 1.54) is 55.5 Å². The lowest BCUT2D eigenvalue weighted by molar-refractivity contribution is 0.0728. The topological polar surface area (TPSA) is 26.3 Å². The average Bonchev–Trinajstić information content (AvgIpc) is 2.86. The first-order valence-corrected chi connectivity index (χ1v) is 12.0. The van der Waals surface area contributed by atoms with Gasteiger partial charge in [-0.3, -0.25) is 0 Å². The van der Waals surface area contributed by atoms with Crippen LogP contribution in [0.15, 0.2) is 48.5 Å². The fraction of sp³-hybridized carbons (Fsp3) is 0.345. The summed E-state index contributed by atoms with van der Waals surface area (Å²) >= 11 is 0. The van der Waals surface area contributed by atoms with E-state index in [-0.39, 0.29) is 22.8 Å². The fourth-order valence-corrected chi connectivity index (χ4v) is 4.94. The summed E-state index contributed by atoms with van der Waals surface area (Å²) in [5, 5.41) is 0. The highest BCUT2D eigenvalue weighted by Crippen LogP contribution is 2.39. The summed E-state index contributed by atoms with van der Waals surface area (Å²) in [6.45, 7) is 3.62. The van der Waals surface area contributed by atoms with E-state index in [0.717, 1.165) is 38.5 Å². The SMILES string of the molecule is CCCC1CCC(c2ccc(C(=O)Oc3ccc(-c4ccc(C)c(F)c4F)cc3)c(F)c2F)CC1. The summed E-state index contributed by atoms with van der Waals surface area (Å²) in [6.07, 6.45) is 5.90. The second kappa shape index (κ2) is 10.6. The number of hydrogen-bond donors (Lipinski definition) is 0. The Morgan fingerprint density at radius 2 is 1.51 bits per heavy atom. The zero-order valence-electron chi connectivity index (χ0n) is 19.8. The molecule has 1 aliphatic carbocycles. The number of halogens is 4. The largest absolute Gasteiger partial charge is 0.423 e. The van der Waals surface area contributed by atoms with Gasteiger partial charge in [0.15, 0.2) is 23.3 Å². The molecule has 0 bridgehead atoms. The van der Waals surface area contributed by atoms with Crippen LogP contribution in [0.3, 0.4) is 0 Å². The van der Waals surface area contributed by atoms with E-state index in [2.05, 4.69) is 6.92 Å². The van der Waals surface area contributed by atoms with Crippen LogP contribution in [-0.4, -0.2) is 5.97 Å². The normalized spacial score (nSPS) is 17.9. The van der Waals surface area contributed by atoms with Crippen LogP contribution < -0.4 is 4.74 Å². The molecule has 184 valence electrons. The van der Waals surface area contributed by atoms with Crippen LogP contribution in [0.5, 0.6) is 5.75 Å². The number of ether oxygens (including phenoxy) is 1. The van der Waals surface area contributed by atoms with Crippen LogP contribution in [0.1, 0.15) is 72.9 Å². The van der Waals surface area contributed by atoms with Gasteiger partial charge in [-0.1, -0.05) is 50.1 Å². The van der Waals surface area contributed by atoms with Gasteiger partial charge in [0.25, 0.3) is 0 Å². The molecule has 0 amide bonds. The molecule has 0 heterocycles. The third kappa shape index (κ3) is 5.26. The van der Waals surface area contributed by atoms with Gasteiger partial charge in [0.1, 0.15) is 5.75 Å². The van der Waals surface area contributed by atoms with Gasteiger partial charge in [-0.15, -0.1) is 0 Å². The molecule has 2 nitrogen and oxygen atoms in total. The molecule has 0 aliphatic heterocycles. The number of rotatable bonds is 6. The van der Waals surface area contributed by atoms with Crippen LogP contribution in [0, 0.1) is 36.1 Å². The van der Waals surface area contributed by atoms with E-state index in [1.807, 2.05) is 0 Å². The van der Waals surface area contributed by atoms with Crippen LogP contribution in [0.25, 0.3) is 11.1 Å². The Balaban J connectivity index is 1.46. The van der Waals surface area contributed by atoms with Crippen molar-refractivity contribution in [1.29, 1.82) is 0 Å². The van der Waals surface area contributed by atoms with Gasteiger partial charge < -0.3 is 4.74 Å². The summed E-state index contributed by atoms with van der Waals surface area (Å²) in [5.41, 5.74) is 0.475. The summed E-state index contributed by atoms with van der Waals surface area (Å²) in [7, 11) is 0. The predicted molar refractivity (Wildman–Crippen MR) is 127 cm³/mol. The summed E-state index contributed by atoms with van der Waals surface area (Å²) in [5.74, 6) is -4.46. The lowest BCUT2D eigenvalue weighted by Gasteiger charge is -2.29. The molecule has 6 heteroatoms. The Hall–Kier alpha value is -3.15. The van der Waals surface area contributed by atoms with Crippen LogP contribution >= 0.6 is 0 Å². The molecule has 0 N–H and O–H groups in total.